The highest BCUT2D eigenvalue weighted by Crippen LogP contribution is 2.27. The predicted molar refractivity (Wildman–Crippen MR) is 74.3 cm³/mol. The van der Waals surface area contributed by atoms with Crippen molar-refractivity contribution >= 4 is 15.9 Å². The van der Waals surface area contributed by atoms with Crippen molar-refractivity contribution in [3.8, 4) is 5.75 Å². The molecule has 0 aliphatic heterocycles. The van der Waals surface area contributed by atoms with Gasteiger partial charge in [-0.3, -0.25) is 4.68 Å². The van der Waals surface area contributed by atoms with E-state index in [9.17, 15) is 4.39 Å². The highest BCUT2D eigenvalue weighted by molar-refractivity contribution is 9.10. The maximum atomic E-state index is 13.3. The number of ether oxygens (including phenoxy) is 1. The van der Waals surface area contributed by atoms with E-state index in [0.29, 0.717) is 10.2 Å². The van der Waals surface area contributed by atoms with Gasteiger partial charge in [-0.05, 0) is 19.1 Å². The normalized spacial score (nSPS) is 14.2. The quantitative estimate of drug-likeness (QED) is 0.939. The average molecular weight is 328 g/mol. The third-order valence-corrected chi connectivity index (χ3v) is 3.09. The van der Waals surface area contributed by atoms with E-state index in [1.54, 1.807) is 16.9 Å². The third-order valence-electron chi connectivity index (χ3n) is 2.63. The van der Waals surface area contributed by atoms with Crippen LogP contribution in [-0.4, -0.2) is 15.8 Å². The Bertz CT molecular complexity index is 551. The molecular weight excluding hydrogens is 313 g/mol. The van der Waals surface area contributed by atoms with Crippen LogP contribution in [0.2, 0.25) is 0 Å². The van der Waals surface area contributed by atoms with Crippen molar-refractivity contribution in [3.63, 3.8) is 0 Å². The predicted octanol–water partition coefficient (Wildman–Crippen LogP) is 2.79. The Kier molecular flexibility index (Phi) is 4.21. The SMILES string of the molecule is CC(N)C(Oc1cc(F)cc(Br)c1)c1cnn(C)c1. The van der Waals surface area contributed by atoms with Crippen LogP contribution >= 0.6 is 15.9 Å². The number of halogens is 2. The van der Waals surface area contributed by atoms with E-state index in [1.165, 1.54) is 12.1 Å². The Hall–Kier alpha value is -1.40. The number of nitrogens with zero attached hydrogens (tertiary/aromatic N) is 2. The maximum absolute atomic E-state index is 13.3. The second-order valence-corrected chi connectivity index (χ2v) is 5.37. The van der Waals surface area contributed by atoms with Gasteiger partial charge in [-0.15, -0.1) is 0 Å². The Morgan fingerprint density at radius 2 is 2.16 bits per heavy atom. The number of hydrogen-bond acceptors (Lipinski definition) is 3. The van der Waals surface area contributed by atoms with Crippen LogP contribution in [0.1, 0.15) is 18.6 Å². The molecule has 1 aromatic heterocycles. The lowest BCUT2D eigenvalue weighted by molar-refractivity contribution is 0.179. The summed E-state index contributed by atoms with van der Waals surface area (Å²) in [4.78, 5) is 0. The molecule has 1 aromatic carbocycles. The summed E-state index contributed by atoms with van der Waals surface area (Å²) in [6.07, 6.45) is 3.16. The number of aryl methyl sites for hydroxylation is 1. The van der Waals surface area contributed by atoms with E-state index in [-0.39, 0.29) is 18.0 Å². The molecule has 0 saturated carbocycles. The maximum Gasteiger partial charge on any atom is 0.141 e. The molecule has 1 heterocycles. The summed E-state index contributed by atoms with van der Waals surface area (Å²) in [6.45, 7) is 1.84. The van der Waals surface area contributed by atoms with Crippen LogP contribution in [0.15, 0.2) is 35.1 Å². The molecule has 4 nitrogen and oxygen atoms in total. The van der Waals surface area contributed by atoms with Crippen molar-refractivity contribution in [3.05, 3.63) is 46.4 Å². The van der Waals surface area contributed by atoms with Gasteiger partial charge in [-0.2, -0.15) is 5.10 Å². The van der Waals surface area contributed by atoms with Crippen LogP contribution in [0.3, 0.4) is 0 Å². The number of benzene rings is 1. The summed E-state index contributed by atoms with van der Waals surface area (Å²) in [7, 11) is 1.82. The van der Waals surface area contributed by atoms with Crippen LogP contribution in [0.25, 0.3) is 0 Å². The van der Waals surface area contributed by atoms with Crippen LogP contribution in [0.5, 0.6) is 5.75 Å². The molecule has 2 unspecified atom stereocenters. The Morgan fingerprint density at radius 3 is 2.68 bits per heavy atom. The minimum Gasteiger partial charge on any atom is -0.484 e. The Labute approximate surface area is 119 Å². The standard InChI is InChI=1S/C13H15BrFN3O/c1-8(16)13(9-6-17-18(2)7-9)19-12-4-10(14)3-11(15)5-12/h3-8,13H,16H2,1-2H3. The van der Waals surface area contributed by atoms with Gasteiger partial charge in [0.2, 0.25) is 0 Å². The molecule has 0 saturated heterocycles. The Morgan fingerprint density at radius 1 is 1.42 bits per heavy atom. The van der Waals surface area contributed by atoms with Crippen LogP contribution in [0, 0.1) is 5.82 Å². The van der Waals surface area contributed by atoms with Gasteiger partial charge in [-0.1, -0.05) is 15.9 Å². The first kappa shape index (κ1) is 14.0. The first-order chi connectivity index (χ1) is 8.95. The summed E-state index contributed by atoms with van der Waals surface area (Å²) in [5.74, 6) is 0.0667. The van der Waals surface area contributed by atoms with Crippen LogP contribution < -0.4 is 10.5 Å². The molecule has 0 radical (unpaired) electrons. The summed E-state index contributed by atoms with van der Waals surface area (Å²) in [5, 5.41) is 4.09. The van der Waals surface area contributed by atoms with Gasteiger partial charge in [0.1, 0.15) is 17.7 Å². The first-order valence-electron chi connectivity index (χ1n) is 5.82. The van der Waals surface area contributed by atoms with Gasteiger partial charge in [0.05, 0.1) is 6.20 Å². The van der Waals surface area contributed by atoms with Crippen molar-refractivity contribution < 1.29 is 9.13 Å². The fraction of sp³-hybridized carbons (Fsp3) is 0.308. The van der Waals surface area contributed by atoms with E-state index in [2.05, 4.69) is 21.0 Å². The van der Waals surface area contributed by atoms with E-state index < -0.39 is 0 Å². The molecular formula is C13H15BrFN3O. The van der Waals surface area contributed by atoms with Gasteiger partial charge in [0.15, 0.2) is 0 Å². The third kappa shape index (κ3) is 3.54. The molecule has 102 valence electrons. The summed E-state index contributed by atoms with van der Waals surface area (Å²) in [5.41, 5.74) is 6.79. The van der Waals surface area contributed by atoms with Crippen LogP contribution in [0.4, 0.5) is 4.39 Å². The monoisotopic (exact) mass is 327 g/mol. The van der Waals surface area contributed by atoms with Gasteiger partial charge in [-0.25, -0.2) is 4.39 Å². The van der Waals surface area contributed by atoms with E-state index in [4.69, 9.17) is 10.5 Å². The smallest absolute Gasteiger partial charge is 0.141 e. The fourth-order valence-electron chi connectivity index (χ4n) is 1.81. The zero-order chi connectivity index (χ0) is 14.0. The molecule has 2 rings (SSSR count). The second kappa shape index (κ2) is 5.71. The first-order valence-corrected chi connectivity index (χ1v) is 6.62. The fourth-order valence-corrected chi connectivity index (χ4v) is 2.25. The van der Waals surface area contributed by atoms with Gasteiger partial charge >= 0.3 is 0 Å². The molecule has 0 aliphatic rings. The lowest BCUT2D eigenvalue weighted by Crippen LogP contribution is -2.28. The Balaban J connectivity index is 2.26. The van der Waals surface area contributed by atoms with Crippen molar-refractivity contribution in [2.24, 2.45) is 12.8 Å². The number of aromatic nitrogens is 2. The summed E-state index contributed by atoms with van der Waals surface area (Å²) < 4.78 is 21.4. The van der Waals surface area contributed by atoms with Gasteiger partial charge in [0, 0.05) is 35.4 Å². The summed E-state index contributed by atoms with van der Waals surface area (Å²) in [6, 6.07) is 4.16. The van der Waals surface area contributed by atoms with Crippen LogP contribution in [-0.2, 0) is 7.05 Å². The second-order valence-electron chi connectivity index (χ2n) is 4.45. The number of hydrogen-bond donors (Lipinski definition) is 1. The number of nitrogens with two attached hydrogens (primary N) is 1. The lowest BCUT2D eigenvalue weighted by Gasteiger charge is -2.21. The molecule has 2 N–H and O–H groups in total. The highest BCUT2D eigenvalue weighted by Gasteiger charge is 2.20. The van der Waals surface area contributed by atoms with Gasteiger partial charge in [0.25, 0.3) is 0 Å². The molecule has 0 spiro atoms. The molecule has 0 bridgehead atoms. The highest BCUT2D eigenvalue weighted by atomic mass is 79.9. The van der Waals surface area contributed by atoms with E-state index >= 15 is 0 Å². The van der Waals surface area contributed by atoms with Crippen molar-refractivity contribution in [1.29, 1.82) is 0 Å². The largest absolute Gasteiger partial charge is 0.484 e. The van der Waals surface area contributed by atoms with E-state index in [0.717, 1.165) is 5.56 Å². The zero-order valence-electron chi connectivity index (χ0n) is 10.7. The van der Waals surface area contributed by atoms with Gasteiger partial charge < -0.3 is 10.5 Å². The minimum absolute atomic E-state index is 0.244. The molecule has 2 atom stereocenters. The van der Waals surface area contributed by atoms with Crippen molar-refractivity contribution in [1.82, 2.24) is 9.78 Å². The molecule has 19 heavy (non-hydrogen) atoms. The zero-order valence-corrected chi connectivity index (χ0v) is 12.3. The lowest BCUT2D eigenvalue weighted by atomic mass is 10.1. The molecule has 2 aromatic rings. The van der Waals surface area contributed by atoms with E-state index in [1.807, 2.05) is 20.2 Å². The average Bonchev–Trinajstić information content (AvgIpc) is 2.70. The molecule has 6 heteroatoms. The molecule has 0 fully saturated rings. The van der Waals surface area contributed by atoms with Crippen molar-refractivity contribution in [2.75, 3.05) is 0 Å². The number of rotatable bonds is 4. The summed E-state index contributed by atoms with van der Waals surface area (Å²) >= 11 is 3.23. The topological polar surface area (TPSA) is 53.1 Å². The minimum atomic E-state index is -0.373. The molecule has 0 aliphatic carbocycles. The van der Waals surface area contributed by atoms with Crippen molar-refractivity contribution in [2.45, 2.75) is 19.1 Å². The molecule has 0 amide bonds.